The summed E-state index contributed by atoms with van der Waals surface area (Å²) < 4.78 is 4.72. The fourth-order valence-electron chi connectivity index (χ4n) is 1.01. The van der Waals surface area contributed by atoms with E-state index in [4.69, 9.17) is 4.74 Å². The van der Waals surface area contributed by atoms with Gasteiger partial charge in [0.25, 0.3) is 0 Å². The molecule has 1 heterocycles. The number of nitrogens with zero attached hydrogens (tertiary/aromatic N) is 1. The molecule has 0 unspecified atom stereocenters. The van der Waals surface area contributed by atoms with Crippen molar-refractivity contribution in [1.82, 2.24) is 10.2 Å². The van der Waals surface area contributed by atoms with Crippen LogP contribution in [0.15, 0.2) is 12.7 Å². The van der Waals surface area contributed by atoms with Crippen LogP contribution in [-0.4, -0.2) is 43.1 Å². The second-order valence-corrected chi connectivity index (χ2v) is 2.59. The number of nitrogens with one attached hydrogen (secondary N) is 1. The van der Waals surface area contributed by atoms with E-state index in [9.17, 15) is 9.59 Å². The number of imide groups is 1. The van der Waals surface area contributed by atoms with Crippen LogP contribution in [0.3, 0.4) is 0 Å². The summed E-state index contributed by atoms with van der Waals surface area (Å²) >= 11 is 0. The maximum atomic E-state index is 11.2. The SMILES string of the molecule is C=CCOC(=O)N1CCNCC1=O. The summed E-state index contributed by atoms with van der Waals surface area (Å²) in [5.41, 5.74) is 0. The predicted octanol–water partition coefficient (Wildman–Crippen LogP) is -0.259. The average molecular weight is 184 g/mol. The average Bonchev–Trinajstić information content (AvgIpc) is 2.15. The molecule has 13 heavy (non-hydrogen) atoms. The minimum Gasteiger partial charge on any atom is -0.445 e. The van der Waals surface area contributed by atoms with Crippen LogP contribution >= 0.6 is 0 Å². The molecule has 0 atom stereocenters. The van der Waals surface area contributed by atoms with Crippen LogP contribution in [-0.2, 0) is 9.53 Å². The van der Waals surface area contributed by atoms with E-state index in [1.807, 2.05) is 0 Å². The van der Waals surface area contributed by atoms with E-state index in [2.05, 4.69) is 11.9 Å². The Kier molecular flexibility index (Phi) is 3.45. The van der Waals surface area contributed by atoms with Crippen LogP contribution < -0.4 is 5.32 Å². The molecule has 5 nitrogen and oxygen atoms in total. The lowest BCUT2D eigenvalue weighted by atomic mass is 10.4. The summed E-state index contributed by atoms with van der Waals surface area (Å²) in [6.45, 7) is 4.73. The third kappa shape index (κ3) is 2.55. The molecule has 0 radical (unpaired) electrons. The van der Waals surface area contributed by atoms with Gasteiger partial charge in [0.15, 0.2) is 0 Å². The van der Waals surface area contributed by atoms with Crippen LogP contribution in [0, 0.1) is 0 Å². The molecule has 1 rings (SSSR count). The van der Waals surface area contributed by atoms with Crippen molar-refractivity contribution in [3.8, 4) is 0 Å². The third-order valence-electron chi connectivity index (χ3n) is 1.63. The summed E-state index contributed by atoms with van der Waals surface area (Å²) in [5.74, 6) is -0.250. The number of rotatable bonds is 2. The molecule has 0 aromatic rings. The van der Waals surface area contributed by atoms with Crippen molar-refractivity contribution in [3.05, 3.63) is 12.7 Å². The molecule has 0 aromatic heterocycles. The lowest BCUT2D eigenvalue weighted by Gasteiger charge is -2.24. The van der Waals surface area contributed by atoms with E-state index < -0.39 is 6.09 Å². The van der Waals surface area contributed by atoms with E-state index in [1.165, 1.54) is 6.08 Å². The first kappa shape index (κ1) is 9.73. The van der Waals surface area contributed by atoms with Crippen molar-refractivity contribution in [2.75, 3.05) is 26.2 Å². The van der Waals surface area contributed by atoms with Gasteiger partial charge in [-0.3, -0.25) is 4.79 Å². The highest BCUT2D eigenvalue weighted by molar-refractivity contribution is 5.93. The first-order valence-corrected chi connectivity index (χ1v) is 4.04. The number of piperazine rings is 1. The molecule has 0 spiro atoms. The first-order chi connectivity index (χ1) is 6.25. The predicted molar refractivity (Wildman–Crippen MR) is 46.1 cm³/mol. The van der Waals surface area contributed by atoms with Gasteiger partial charge in [0.1, 0.15) is 6.61 Å². The lowest BCUT2D eigenvalue weighted by molar-refractivity contribution is -0.130. The van der Waals surface area contributed by atoms with Gasteiger partial charge in [-0.15, -0.1) is 0 Å². The van der Waals surface area contributed by atoms with Gasteiger partial charge in [-0.2, -0.15) is 0 Å². The Bertz CT molecular complexity index is 227. The minimum absolute atomic E-state index is 0.135. The largest absolute Gasteiger partial charge is 0.445 e. The topological polar surface area (TPSA) is 58.6 Å². The van der Waals surface area contributed by atoms with Crippen LogP contribution in [0.4, 0.5) is 4.79 Å². The van der Waals surface area contributed by atoms with Crippen molar-refractivity contribution in [3.63, 3.8) is 0 Å². The zero-order chi connectivity index (χ0) is 9.68. The third-order valence-corrected chi connectivity index (χ3v) is 1.63. The quantitative estimate of drug-likeness (QED) is 0.601. The van der Waals surface area contributed by atoms with Gasteiger partial charge >= 0.3 is 6.09 Å². The number of hydrogen-bond donors (Lipinski definition) is 1. The van der Waals surface area contributed by atoms with Crippen LogP contribution in [0.1, 0.15) is 0 Å². The monoisotopic (exact) mass is 184 g/mol. The van der Waals surface area contributed by atoms with E-state index in [0.717, 1.165) is 4.90 Å². The smallest absolute Gasteiger partial charge is 0.416 e. The van der Waals surface area contributed by atoms with E-state index in [-0.39, 0.29) is 19.1 Å². The second kappa shape index (κ2) is 4.61. The zero-order valence-corrected chi connectivity index (χ0v) is 7.28. The van der Waals surface area contributed by atoms with E-state index in [0.29, 0.717) is 13.1 Å². The Morgan fingerprint density at radius 1 is 1.77 bits per heavy atom. The second-order valence-electron chi connectivity index (χ2n) is 2.59. The molecule has 1 fully saturated rings. The summed E-state index contributed by atoms with van der Waals surface area (Å²) in [6, 6.07) is 0. The molecular weight excluding hydrogens is 172 g/mol. The van der Waals surface area contributed by atoms with Crippen LogP contribution in [0.25, 0.3) is 0 Å². The van der Waals surface area contributed by atoms with Crippen molar-refractivity contribution in [2.24, 2.45) is 0 Å². The highest BCUT2D eigenvalue weighted by Crippen LogP contribution is 1.98. The summed E-state index contributed by atoms with van der Waals surface area (Å²) in [4.78, 5) is 23.4. The molecule has 2 amide bonds. The van der Waals surface area contributed by atoms with Crippen molar-refractivity contribution < 1.29 is 14.3 Å². The Morgan fingerprint density at radius 2 is 2.54 bits per heavy atom. The molecule has 0 aromatic carbocycles. The van der Waals surface area contributed by atoms with Gasteiger partial charge in [-0.25, -0.2) is 9.69 Å². The minimum atomic E-state index is -0.591. The van der Waals surface area contributed by atoms with Crippen molar-refractivity contribution in [1.29, 1.82) is 0 Å². The number of amides is 2. The maximum Gasteiger partial charge on any atom is 0.416 e. The van der Waals surface area contributed by atoms with Crippen LogP contribution in [0.2, 0.25) is 0 Å². The molecule has 1 N–H and O–H groups in total. The standard InChI is InChI=1S/C8H12N2O3/c1-2-5-13-8(12)10-4-3-9-6-7(10)11/h2,9H,1,3-6H2. The Hall–Kier alpha value is -1.36. The lowest BCUT2D eigenvalue weighted by Crippen LogP contribution is -2.50. The molecule has 1 aliphatic rings. The van der Waals surface area contributed by atoms with Gasteiger partial charge in [-0.1, -0.05) is 12.7 Å². The molecule has 72 valence electrons. The number of carbonyl (C=O) groups excluding carboxylic acids is 2. The molecular formula is C8H12N2O3. The fraction of sp³-hybridized carbons (Fsp3) is 0.500. The maximum absolute atomic E-state index is 11.2. The summed E-state index contributed by atoms with van der Waals surface area (Å²) in [6.07, 6.45) is 0.872. The normalized spacial score (nSPS) is 16.9. The highest BCUT2D eigenvalue weighted by Gasteiger charge is 2.24. The Morgan fingerprint density at radius 3 is 3.15 bits per heavy atom. The summed E-state index contributed by atoms with van der Waals surface area (Å²) in [7, 11) is 0. The molecule has 1 aliphatic heterocycles. The number of hydrogen-bond acceptors (Lipinski definition) is 4. The van der Waals surface area contributed by atoms with Crippen molar-refractivity contribution >= 4 is 12.0 Å². The van der Waals surface area contributed by atoms with E-state index >= 15 is 0 Å². The van der Waals surface area contributed by atoms with Gasteiger partial charge in [0, 0.05) is 13.1 Å². The highest BCUT2D eigenvalue weighted by atomic mass is 16.6. The summed E-state index contributed by atoms with van der Waals surface area (Å²) in [5, 5.41) is 2.86. The molecule has 0 bridgehead atoms. The molecule has 5 heteroatoms. The molecule has 1 saturated heterocycles. The number of ether oxygens (including phenoxy) is 1. The Balaban J connectivity index is 2.43. The van der Waals surface area contributed by atoms with Crippen molar-refractivity contribution in [2.45, 2.75) is 0 Å². The van der Waals surface area contributed by atoms with E-state index in [1.54, 1.807) is 0 Å². The zero-order valence-electron chi connectivity index (χ0n) is 7.28. The first-order valence-electron chi connectivity index (χ1n) is 4.04. The van der Waals surface area contributed by atoms with Gasteiger partial charge in [0.05, 0.1) is 6.54 Å². The number of carbonyl (C=O) groups is 2. The molecule has 0 aliphatic carbocycles. The van der Waals surface area contributed by atoms with Gasteiger partial charge < -0.3 is 10.1 Å². The van der Waals surface area contributed by atoms with Crippen LogP contribution in [0.5, 0.6) is 0 Å². The Labute approximate surface area is 76.3 Å². The van der Waals surface area contributed by atoms with Gasteiger partial charge in [0.2, 0.25) is 5.91 Å². The van der Waals surface area contributed by atoms with Gasteiger partial charge in [-0.05, 0) is 0 Å². The molecule has 0 saturated carbocycles. The fourth-order valence-corrected chi connectivity index (χ4v) is 1.01.